The number of benzene rings is 2. The second kappa shape index (κ2) is 8.41. The third-order valence-corrected chi connectivity index (χ3v) is 6.01. The van der Waals surface area contributed by atoms with E-state index >= 15 is 0 Å². The Labute approximate surface area is 186 Å². The van der Waals surface area contributed by atoms with Gasteiger partial charge in [-0.25, -0.2) is 0 Å². The Morgan fingerprint density at radius 3 is 2.65 bits per heavy atom. The number of furan rings is 1. The highest BCUT2D eigenvalue weighted by Crippen LogP contribution is 2.35. The summed E-state index contributed by atoms with van der Waals surface area (Å²) in [7, 11) is 0. The van der Waals surface area contributed by atoms with Gasteiger partial charge in [-0.15, -0.1) is 0 Å². The van der Waals surface area contributed by atoms with Gasteiger partial charge in [-0.05, 0) is 54.6 Å². The first-order valence-corrected chi connectivity index (χ1v) is 10.4. The number of halogens is 1. The molecule has 7 nitrogen and oxygen atoms in total. The maximum absolute atomic E-state index is 12.7. The fourth-order valence-electron chi connectivity index (χ4n) is 3.16. The lowest BCUT2D eigenvalue weighted by Crippen LogP contribution is -2.27. The number of nitro benzene ring substituents is 1. The SMILES string of the molecule is Cc1cc(-c2ccc(/C=C3\SC(=O)N(Cc4ccccc4Cl)C3=O)o2)ccc1[N+](=O)[O-]. The van der Waals surface area contributed by atoms with E-state index in [4.69, 9.17) is 16.0 Å². The van der Waals surface area contributed by atoms with Crippen molar-refractivity contribution in [2.45, 2.75) is 13.5 Å². The van der Waals surface area contributed by atoms with Crippen LogP contribution in [-0.4, -0.2) is 21.0 Å². The summed E-state index contributed by atoms with van der Waals surface area (Å²) >= 11 is 6.98. The van der Waals surface area contributed by atoms with Gasteiger partial charge in [-0.3, -0.25) is 24.6 Å². The van der Waals surface area contributed by atoms with Gasteiger partial charge in [0, 0.05) is 28.3 Å². The van der Waals surface area contributed by atoms with Crippen LogP contribution < -0.4 is 0 Å². The number of carbonyl (C=O) groups excluding carboxylic acids is 2. The molecule has 2 amide bonds. The number of carbonyl (C=O) groups is 2. The lowest BCUT2D eigenvalue weighted by atomic mass is 10.1. The van der Waals surface area contributed by atoms with E-state index in [2.05, 4.69) is 0 Å². The summed E-state index contributed by atoms with van der Waals surface area (Å²) in [4.78, 5) is 37.0. The molecule has 0 bridgehead atoms. The van der Waals surface area contributed by atoms with E-state index in [-0.39, 0.29) is 22.4 Å². The molecule has 3 aromatic rings. The molecule has 0 radical (unpaired) electrons. The highest BCUT2D eigenvalue weighted by Gasteiger charge is 2.35. The summed E-state index contributed by atoms with van der Waals surface area (Å²) in [6, 6.07) is 15.1. The molecule has 1 fully saturated rings. The molecule has 4 rings (SSSR count). The first-order valence-electron chi connectivity index (χ1n) is 9.17. The van der Waals surface area contributed by atoms with E-state index in [1.54, 1.807) is 55.5 Å². The van der Waals surface area contributed by atoms with Gasteiger partial charge in [0.2, 0.25) is 0 Å². The van der Waals surface area contributed by atoms with Crippen LogP contribution in [0.5, 0.6) is 0 Å². The fourth-order valence-corrected chi connectivity index (χ4v) is 4.18. The molecule has 1 aromatic heterocycles. The second-order valence-corrected chi connectivity index (χ2v) is 8.22. The second-order valence-electron chi connectivity index (χ2n) is 6.82. The molecule has 0 unspecified atom stereocenters. The molecule has 2 aromatic carbocycles. The van der Waals surface area contributed by atoms with Crippen molar-refractivity contribution < 1.29 is 18.9 Å². The quantitative estimate of drug-likeness (QED) is 0.264. The largest absolute Gasteiger partial charge is 0.457 e. The Bertz CT molecular complexity index is 1250. The lowest BCUT2D eigenvalue weighted by Gasteiger charge is -2.13. The highest BCUT2D eigenvalue weighted by atomic mass is 35.5. The molecule has 0 atom stereocenters. The first kappa shape index (κ1) is 20.9. The summed E-state index contributed by atoms with van der Waals surface area (Å²) in [5, 5.41) is 11.1. The first-order chi connectivity index (χ1) is 14.8. The van der Waals surface area contributed by atoms with Crippen molar-refractivity contribution in [2.75, 3.05) is 0 Å². The number of hydrogen-bond acceptors (Lipinski definition) is 6. The molecule has 2 heterocycles. The van der Waals surface area contributed by atoms with Crippen molar-refractivity contribution in [3.63, 3.8) is 0 Å². The smallest absolute Gasteiger partial charge is 0.293 e. The van der Waals surface area contributed by atoms with Crippen LogP contribution in [0.25, 0.3) is 17.4 Å². The standard InChI is InChI=1S/C22H15ClN2O5S/c1-13-10-14(6-8-18(13)25(28)29)19-9-7-16(30-19)11-20-21(26)24(22(27)31-20)12-15-4-2-3-5-17(15)23/h2-11H,12H2,1H3/b20-11-. The van der Waals surface area contributed by atoms with Gasteiger partial charge in [0.05, 0.1) is 16.4 Å². The molecule has 0 aliphatic carbocycles. The molecular weight excluding hydrogens is 440 g/mol. The van der Waals surface area contributed by atoms with Crippen LogP contribution in [0.15, 0.2) is 63.9 Å². The zero-order valence-corrected chi connectivity index (χ0v) is 17.8. The zero-order chi connectivity index (χ0) is 22.1. The van der Waals surface area contributed by atoms with Gasteiger partial charge in [-0.1, -0.05) is 29.8 Å². The summed E-state index contributed by atoms with van der Waals surface area (Å²) in [6.45, 7) is 1.74. The topological polar surface area (TPSA) is 93.7 Å². The number of nitro groups is 1. The third kappa shape index (κ3) is 4.26. The summed E-state index contributed by atoms with van der Waals surface area (Å²) in [5.74, 6) is 0.479. The predicted molar refractivity (Wildman–Crippen MR) is 119 cm³/mol. The van der Waals surface area contributed by atoms with Gasteiger partial charge >= 0.3 is 0 Å². The van der Waals surface area contributed by atoms with Crippen LogP contribution in [0.2, 0.25) is 5.02 Å². The summed E-state index contributed by atoms with van der Waals surface area (Å²) in [5.41, 5.74) is 1.90. The molecule has 31 heavy (non-hydrogen) atoms. The van der Waals surface area contributed by atoms with Crippen molar-refractivity contribution >= 4 is 46.3 Å². The zero-order valence-electron chi connectivity index (χ0n) is 16.2. The van der Waals surface area contributed by atoms with E-state index < -0.39 is 10.8 Å². The van der Waals surface area contributed by atoms with Crippen molar-refractivity contribution in [3.05, 3.63) is 91.5 Å². The number of thioether (sulfide) groups is 1. The van der Waals surface area contributed by atoms with Crippen LogP contribution in [0, 0.1) is 17.0 Å². The Balaban J connectivity index is 1.55. The van der Waals surface area contributed by atoms with Crippen LogP contribution in [0.4, 0.5) is 10.5 Å². The van der Waals surface area contributed by atoms with Crippen LogP contribution >= 0.6 is 23.4 Å². The van der Waals surface area contributed by atoms with E-state index in [0.29, 0.717) is 33.2 Å². The average Bonchev–Trinajstić information content (AvgIpc) is 3.29. The van der Waals surface area contributed by atoms with Gasteiger partial charge < -0.3 is 4.42 Å². The number of nitrogens with zero attached hydrogens (tertiary/aromatic N) is 2. The molecule has 0 spiro atoms. The minimum absolute atomic E-state index is 0.0303. The van der Waals surface area contributed by atoms with E-state index in [1.807, 2.05) is 0 Å². The Morgan fingerprint density at radius 1 is 1.16 bits per heavy atom. The maximum Gasteiger partial charge on any atom is 0.293 e. The molecular formula is C22H15ClN2O5S. The van der Waals surface area contributed by atoms with Gasteiger partial charge in [0.15, 0.2) is 0 Å². The molecule has 1 saturated heterocycles. The normalized spacial score (nSPS) is 15.2. The minimum Gasteiger partial charge on any atom is -0.457 e. The molecule has 1 aliphatic heterocycles. The van der Waals surface area contributed by atoms with E-state index in [9.17, 15) is 19.7 Å². The highest BCUT2D eigenvalue weighted by molar-refractivity contribution is 8.18. The van der Waals surface area contributed by atoms with Crippen LogP contribution in [0.3, 0.4) is 0 Å². The maximum atomic E-state index is 12.7. The number of hydrogen-bond donors (Lipinski definition) is 0. The minimum atomic E-state index is -0.439. The number of rotatable bonds is 5. The Kier molecular flexibility index (Phi) is 5.67. The summed E-state index contributed by atoms with van der Waals surface area (Å²) in [6.07, 6.45) is 1.51. The molecule has 1 aliphatic rings. The fraction of sp³-hybridized carbons (Fsp3) is 0.0909. The molecule has 0 N–H and O–H groups in total. The molecule has 9 heteroatoms. The van der Waals surface area contributed by atoms with Crippen LogP contribution in [-0.2, 0) is 11.3 Å². The van der Waals surface area contributed by atoms with Gasteiger partial charge in [0.25, 0.3) is 16.8 Å². The van der Waals surface area contributed by atoms with Gasteiger partial charge in [-0.2, -0.15) is 0 Å². The van der Waals surface area contributed by atoms with Crippen LogP contribution in [0.1, 0.15) is 16.9 Å². The van der Waals surface area contributed by atoms with Crippen molar-refractivity contribution in [3.8, 4) is 11.3 Å². The third-order valence-electron chi connectivity index (χ3n) is 4.74. The summed E-state index contributed by atoms with van der Waals surface area (Å²) < 4.78 is 5.78. The van der Waals surface area contributed by atoms with Crippen molar-refractivity contribution in [2.24, 2.45) is 0 Å². The van der Waals surface area contributed by atoms with E-state index in [0.717, 1.165) is 16.7 Å². The lowest BCUT2D eigenvalue weighted by molar-refractivity contribution is -0.385. The average molecular weight is 455 g/mol. The monoisotopic (exact) mass is 454 g/mol. The molecule has 0 saturated carbocycles. The van der Waals surface area contributed by atoms with E-state index in [1.165, 1.54) is 12.1 Å². The predicted octanol–water partition coefficient (Wildman–Crippen LogP) is 6.05. The Morgan fingerprint density at radius 2 is 1.94 bits per heavy atom. The van der Waals surface area contributed by atoms with Crippen molar-refractivity contribution in [1.29, 1.82) is 0 Å². The Hall–Kier alpha value is -3.36. The number of imide groups is 1. The molecule has 156 valence electrons. The van der Waals surface area contributed by atoms with Gasteiger partial charge in [0.1, 0.15) is 11.5 Å². The van der Waals surface area contributed by atoms with Crippen molar-refractivity contribution in [1.82, 2.24) is 4.90 Å². The number of aryl methyl sites for hydroxylation is 1. The number of amides is 2.